The lowest BCUT2D eigenvalue weighted by Gasteiger charge is -1.91. The van der Waals surface area contributed by atoms with Crippen LogP contribution < -0.4 is 0 Å². The quantitative estimate of drug-likeness (QED) is 0.148. The van der Waals surface area contributed by atoms with Gasteiger partial charge in [0.1, 0.15) is 11.8 Å². The highest BCUT2D eigenvalue weighted by atomic mass is 32.1. The minimum Gasteiger partial charge on any atom is -0.264 e. The molecule has 7 heterocycles. The molecule has 0 spiro atoms. The maximum atomic E-state index is 4.18. The largest absolute Gasteiger partial charge is 0.264 e. The molecule has 0 aliphatic rings. The summed E-state index contributed by atoms with van der Waals surface area (Å²) in [5, 5.41) is 12.7. The lowest BCUT2D eigenvalue weighted by atomic mass is 10.2. The van der Waals surface area contributed by atoms with Gasteiger partial charge in [0.25, 0.3) is 0 Å². The Balaban J connectivity index is 0.000000106. The van der Waals surface area contributed by atoms with E-state index >= 15 is 0 Å². The fraction of sp³-hybridized carbons (Fsp3) is 0. The molecule has 280 valence electrons. The first-order valence-electron chi connectivity index (χ1n) is 18.2. The summed E-state index contributed by atoms with van der Waals surface area (Å²) in [6, 6.07) is 53.9. The molecule has 11 heteroatoms. The minimum absolute atomic E-state index is 0.949. The standard InChI is InChI=1S/2C9H7N.2C8H6N2.C7H6N2.C6H4N2S/c1-2-6-9-8(4-1)5-3-7-10-9;1-2-4-9-7-10-6-5-8(9)3-1;1-2-4-8-7(3-1)5-9-6-10-8;1-2-4-8-7(3-1)9-5-6-10-8;1-2-6-9-7(3-1)4-5-8-9;1-2-4-6-5(3-1)7-8-9-6/h2*1-7H;2*1-6H;1-6H;1-4H. The topological polar surface area (TPSA) is 120 Å². The number of para-hydroxylation sites is 4. The Morgan fingerprint density at radius 2 is 0.966 bits per heavy atom. The van der Waals surface area contributed by atoms with Gasteiger partial charge >= 0.3 is 0 Å². The number of nitrogens with zero attached hydrogens (tertiary/aromatic N) is 10. The second kappa shape index (κ2) is 20.7. The second-order valence-electron chi connectivity index (χ2n) is 12.2. The molecule has 0 fully saturated rings. The van der Waals surface area contributed by atoms with E-state index in [1.165, 1.54) is 27.7 Å². The lowest BCUT2D eigenvalue weighted by molar-refractivity contribution is 0.961. The lowest BCUT2D eigenvalue weighted by Crippen LogP contribution is -1.81. The molecule has 7 aromatic heterocycles. The van der Waals surface area contributed by atoms with E-state index in [0.717, 1.165) is 43.2 Å². The number of aromatic nitrogens is 10. The number of rotatable bonds is 0. The van der Waals surface area contributed by atoms with Gasteiger partial charge in [0.15, 0.2) is 0 Å². The third kappa shape index (κ3) is 11.1. The normalized spacial score (nSPS) is 10.1. The maximum absolute atomic E-state index is 4.18. The molecule has 12 rings (SSSR count). The van der Waals surface area contributed by atoms with E-state index in [9.17, 15) is 0 Å². The van der Waals surface area contributed by atoms with Crippen molar-refractivity contribution in [3.05, 3.63) is 220 Å². The number of benzene rings is 5. The molecule has 5 aromatic carbocycles. The minimum atomic E-state index is 0.949. The zero-order valence-corrected chi connectivity index (χ0v) is 32.0. The molecule has 0 aliphatic carbocycles. The summed E-state index contributed by atoms with van der Waals surface area (Å²) < 4.78 is 6.78. The van der Waals surface area contributed by atoms with E-state index in [0.29, 0.717) is 0 Å². The van der Waals surface area contributed by atoms with E-state index in [2.05, 4.69) is 68.9 Å². The fourth-order valence-corrected chi connectivity index (χ4v) is 6.03. The molecular weight excluding hydrogens is 737 g/mol. The van der Waals surface area contributed by atoms with Gasteiger partial charge in [-0.1, -0.05) is 102 Å². The van der Waals surface area contributed by atoms with Crippen LogP contribution >= 0.6 is 11.5 Å². The van der Waals surface area contributed by atoms with E-state index < -0.39 is 0 Å². The summed E-state index contributed by atoms with van der Waals surface area (Å²) in [5.74, 6) is 0. The number of fused-ring (bicyclic) bond motifs is 6. The van der Waals surface area contributed by atoms with Crippen LogP contribution in [0.15, 0.2) is 220 Å². The summed E-state index contributed by atoms with van der Waals surface area (Å²) in [5.41, 5.74) is 6.08. The fourth-order valence-electron chi connectivity index (χ4n) is 5.47. The van der Waals surface area contributed by atoms with Gasteiger partial charge in [0.2, 0.25) is 0 Å². The van der Waals surface area contributed by atoms with Crippen molar-refractivity contribution >= 4 is 70.9 Å². The Morgan fingerprint density at radius 1 is 0.379 bits per heavy atom. The van der Waals surface area contributed by atoms with Gasteiger partial charge in [-0.3, -0.25) is 19.9 Å². The van der Waals surface area contributed by atoms with Gasteiger partial charge in [-0.2, -0.15) is 5.10 Å². The summed E-state index contributed by atoms with van der Waals surface area (Å²) in [4.78, 5) is 24.4. The predicted molar refractivity (Wildman–Crippen MR) is 235 cm³/mol. The molecule has 0 unspecified atom stereocenters. The van der Waals surface area contributed by atoms with Crippen molar-refractivity contribution in [2.75, 3.05) is 0 Å². The smallest absolute Gasteiger partial charge is 0.116 e. The van der Waals surface area contributed by atoms with Crippen LogP contribution in [0.2, 0.25) is 0 Å². The summed E-state index contributed by atoms with van der Waals surface area (Å²) >= 11 is 1.43. The van der Waals surface area contributed by atoms with Crippen molar-refractivity contribution < 1.29 is 0 Å². The predicted octanol–water partition coefficient (Wildman–Crippen LogP) is 10.8. The Hall–Kier alpha value is -7.89. The van der Waals surface area contributed by atoms with Crippen LogP contribution in [0.1, 0.15) is 0 Å². The summed E-state index contributed by atoms with van der Waals surface area (Å²) in [7, 11) is 0. The van der Waals surface area contributed by atoms with Crippen molar-refractivity contribution in [3.8, 4) is 0 Å². The molecule has 0 amide bonds. The van der Waals surface area contributed by atoms with E-state index in [1.807, 2.05) is 175 Å². The molecule has 0 radical (unpaired) electrons. The van der Waals surface area contributed by atoms with Gasteiger partial charge in [-0.25, -0.2) is 14.5 Å². The van der Waals surface area contributed by atoms with Gasteiger partial charge in [-0.15, -0.1) is 5.10 Å². The van der Waals surface area contributed by atoms with Crippen LogP contribution in [0.3, 0.4) is 0 Å². The van der Waals surface area contributed by atoms with Crippen molar-refractivity contribution in [2.24, 2.45) is 0 Å². The third-order valence-electron chi connectivity index (χ3n) is 8.31. The SMILES string of the molecule is c1ccc2cnccc2c1.c1ccc2ncccc2c1.c1ccc2nccnc2c1.c1ccc2ncncc2c1.c1ccc2snnc2c1.c1ccn2nccc2c1. The zero-order valence-electron chi connectivity index (χ0n) is 31.2. The first kappa shape index (κ1) is 38.4. The number of hydrogen-bond donors (Lipinski definition) is 0. The molecular formula is C47H36N10S. The van der Waals surface area contributed by atoms with Gasteiger partial charge in [0, 0.05) is 60.3 Å². The maximum Gasteiger partial charge on any atom is 0.116 e. The Labute approximate surface area is 338 Å². The Bertz CT molecular complexity index is 2400. The first-order valence-corrected chi connectivity index (χ1v) is 19.0. The summed E-state index contributed by atoms with van der Waals surface area (Å²) in [6.07, 6.45) is 16.0. The highest BCUT2D eigenvalue weighted by Gasteiger charge is 1.93. The highest BCUT2D eigenvalue weighted by molar-refractivity contribution is 7.12. The summed E-state index contributed by atoms with van der Waals surface area (Å²) in [6.45, 7) is 0. The van der Waals surface area contributed by atoms with Crippen molar-refractivity contribution in [2.45, 2.75) is 0 Å². The monoisotopic (exact) mass is 772 g/mol. The van der Waals surface area contributed by atoms with Crippen LogP contribution in [-0.4, -0.2) is 49.1 Å². The van der Waals surface area contributed by atoms with E-state index in [4.69, 9.17) is 0 Å². The molecule has 0 N–H and O–H groups in total. The molecule has 0 saturated carbocycles. The molecule has 10 nitrogen and oxygen atoms in total. The zero-order chi connectivity index (χ0) is 39.5. The first-order chi connectivity index (χ1) is 28.8. The van der Waals surface area contributed by atoms with Crippen molar-refractivity contribution in [1.29, 1.82) is 0 Å². The molecule has 12 aromatic rings. The van der Waals surface area contributed by atoms with Gasteiger partial charge in [-0.05, 0) is 89.0 Å². The number of hydrogen-bond acceptors (Lipinski definition) is 10. The van der Waals surface area contributed by atoms with Gasteiger partial charge in [0.05, 0.1) is 32.3 Å². The Morgan fingerprint density at radius 3 is 1.67 bits per heavy atom. The molecule has 58 heavy (non-hydrogen) atoms. The highest BCUT2D eigenvalue weighted by Crippen LogP contribution is 2.13. The second-order valence-corrected chi connectivity index (χ2v) is 13.0. The van der Waals surface area contributed by atoms with Crippen LogP contribution in [0.25, 0.3) is 59.3 Å². The van der Waals surface area contributed by atoms with Gasteiger partial charge < -0.3 is 0 Å². The van der Waals surface area contributed by atoms with Crippen molar-refractivity contribution in [3.63, 3.8) is 0 Å². The number of pyridine rings is 3. The Kier molecular flexibility index (Phi) is 13.7. The van der Waals surface area contributed by atoms with Crippen LogP contribution in [0.5, 0.6) is 0 Å². The average molecular weight is 773 g/mol. The molecule has 0 atom stereocenters. The van der Waals surface area contributed by atoms with Crippen LogP contribution in [-0.2, 0) is 0 Å². The van der Waals surface area contributed by atoms with E-state index in [1.54, 1.807) is 24.9 Å². The molecule has 0 saturated heterocycles. The molecule has 0 bridgehead atoms. The van der Waals surface area contributed by atoms with E-state index in [-0.39, 0.29) is 0 Å². The van der Waals surface area contributed by atoms with Crippen LogP contribution in [0.4, 0.5) is 0 Å². The van der Waals surface area contributed by atoms with Crippen molar-refractivity contribution in [1.82, 2.24) is 49.1 Å². The molecule has 0 aliphatic heterocycles. The van der Waals surface area contributed by atoms with Crippen LogP contribution in [0, 0.1) is 0 Å². The third-order valence-corrected chi connectivity index (χ3v) is 9.02. The average Bonchev–Trinajstić information content (AvgIpc) is 4.01.